The number of carbonyl (C=O) groups excluding carboxylic acids is 1. The number of amides is 1. The van der Waals surface area contributed by atoms with Gasteiger partial charge in [-0.05, 0) is 24.1 Å². The average molecular weight is 286 g/mol. The van der Waals surface area contributed by atoms with Crippen molar-refractivity contribution in [3.63, 3.8) is 0 Å². The van der Waals surface area contributed by atoms with Gasteiger partial charge in [-0.15, -0.1) is 0 Å². The fraction of sp³-hybridized carbons (Fsp3) is 0.556. The van der Waals surface area contributed by atoms with Gasteiger partial charge in [-0.2, -0.15) is 5.26 Å². The summed E-state index contributed by atoms with van der Waals surface area (Å²) in [5, 5.41) is 11.6. The van der Waals surface area contributed by atoms with E-state index < -0.39 is 0 Å². The third-order valence-corrected chi connectivity index (χ3v) is 3.54. The van der Waals surface area contributed by atoms with E-state index >= 15 is 0 Å². The Hall–Kier alpha value is -1.82. The maximum absolute atomic E-state index is 12.0. The second-order valence-electron chi connectivity index (χ2n) is 5.41. The number of carbonyl (C=O) groups is 1. The third-order valence-electron chi connectivity index (χ3n) is 3.54. The van der Waals surface area contributed by atoms with Crippen LogP contribution in [0.5, 0.6) is 0 Å². The zero-order chi connectivity index (χ0) is 15.3. The Morgan fingerprint density at radius 2 is 1.86 bits per heavy atom. The molecule has 1 rings (SSSR count). The molecule has 0 fully saturated rings. The Morgan fingerprint density at radius 3 is 2.57 bits per heavy atom. The first-order valence-corrected chi connectivity index (χ1v) is 8.02. The van der Waals surface area contributed by atoms with Gasteiger partial charge in [0.25, 0.3) is 5.91 Å². The zero-order valence-corrected chi connectivity index (χ0v) is 13.0. The van der Waals surface area contributed by atoms with Crippen LogP contribution in [-0.2, 0) is 6.42 Å². The van der Waals surface area contributed by atoms with Crippen LogP contribution in [0.25, 0.3) is 0 Å². The summed E-state index contributed by atoms with van der Waals surface area (Å²) in [6, 6.07) is 9.39. The van der Waals surface area contributed by atoms with Crippen molar-refractivity contribution < 1.29 is 4.79 Å². The van der Waals surface area contributed by atoms with Gasteiger partial charge in [0.1, 0.15) is 0 Å². The maximum atomic E-state index is 12.0. The Kier molecular flexibility index (Phi) is 8.95. The lowest BCUT2D eigenvalue weighted by atomic mass is 10.1. The Labute approximate surface area is 128 Å². The molecule has 3 heteroatoms. The van der Waals surface area contributed by atoms with E-state index in [0.29, 0.717) is 12.0 Å². The highest BCUT2D eigenvalue weighted by atomic mass is 16.1. The topological polar surface area (TPSA) is 52.9 Å². The van der Waals surface area contributed by atoms with Crippen LogP contribution in [0.2, 0.25) is 0 Å². The summed E-state index contributed by atoms with van der Waals surface area (Å²) >= 11 is 0. The Morgan fingerprint density at radius 1 is 1.14 bits per heavy atom. The molecule has 0 bridgehead atoms. The van der Waals surface area contributed by atoms with Crippen LogP contribution < -0.4 is 5.32 Å². The molecule has 0 heterocycles. The van der Waals surface area contributed by atoms with Crippen LogP contribution in [0.3, 0.4) is 0 Å². The molecule has 0 aromatic heterocycles. The van der Waals surface area contributed by atoms with E-state index in [2.05, 4.69) is 18.3 Å². The second-order valence-corrected chi connectivity index (χ2v) is 5.41. The predicted octanol–water partition coefficient (Wildman–Crippen LogP) is 4.23. The normalized spacial score (nSPS) is 10.1. The number of unbranched alkanes of at least 4 members (excludes halogenated alkanes) is 6. The summed E-state index contributed by atoms with van der Waals surface area (Å²) in [5.74, 6) is -0.0410. The van der Waals surface area contributed by atoms with Gasteiger partial charge in [-0.25, -0.2) is 0 Å². The molecule has 0 spiro atoms. The van der Waals surface area contributed by atoms with Crippen molar-refractivity contribution in [1.29, 1.82) is 5.26 Å². The summed E-state index contributed by atoms with van der Waals surface area (Å²) in [4.78, 5) is 12.0. The summed E-state index contributed by atoms with van der Waals surface area (Å²) in [5.41, 5.74) is 1.53. The van der Waals surface area contributed by atoms with Gasteiger partial charge in [0.2, 0.25) is 0 Å². The fourth-order valence-electron chi connectivity index (χ4n) is 2.30. The van der Waals surface area contributed by atoms with E-state index in [0.717, 1.165) is 18.5 Å². The smallest absolute Gasteiger partial charge is 0.251 e. The number of hydrogen-bond donors (Lipinski definition) is 1. The van der Waals surface area contributed by atoms with Gasteiger partial charge in [-0.3, -0.25) is 4.79 Å². The van der Waals surface area contributed by atoms with E-state index in [1.807, 2.05) is 12.1 Å². The van der Waals surface area contributed by atoms with Crippen molar-refractivity contribution in [3.05, 3.63) is 35.4 Å². The molecule has 0 aliphatic heterocycles. The summed E-state index contributed by atoms with van der Waals surface area (Å²) in [6.07, 6.45) is 9.06. The summed E-state index contributed by atoms with van der Waals surface area (Å²) in [6.45, 7) is 2.95. The average Bonchev–Trinajstić information content (AvgIpc) is 2.50. The number of nitrogens with zero attached hydrogens (tertiary/aromatic N) is 1. The SMILES string of the molecule is CCCCCCCCCNC(=O)c1cccc(CC#N)c1. The van der Waals surface area contributed by atoms with Crippen molar-refractivity contribution >= 4 is 5.91 Å². The van der Waals surface area contributed by atoms with E-state index in [9.17, 15) is 4.79 Å². The van der Waals surface area contributed by atoms with Crippen LogP contribution >= 0.6 is 0 Å². The van der Waals surface area contributed by atoms with Crippen LogP contribution in [0.1, 0.15) is 67.8 Å². The molecule has 0 aliphatic rings. The van der Waals surface area contributed by atoms with Crippen LogP contribution in [0, 0.1) is 11.3 Å². The molecule has 0 saturated heterocycles. The van der Waals surface area contributed by atoms with E-state index in [-0.39, 0.29) is 5.91 Å². The second kappa shape index (κ2) is 10.9. The minimum absolute atomic E-state index is 0.0410. The van der Waals surface area contributed by atoms with Gasteiger partial charge >= 0.3 is 0 Å². The molecule has 1 N–H and O–H groups in total. The molecule has 114 valence electrons. The van der Waals surface area contributed by atoms with Gasteiger partial charge < -0.3 is 5.32 Å². The maximum Gasteiger partial charge on any atom is 0.251 e. The minimum Gasteiger partial charge on any atom is -0.352 e. The lowest BCUT2D eigenvalue weighted by molar-refractivity contribution is 0.0953. The number of nitrogens with one attached hydrogen (secondary N) is 1. The molecule has 0 aliphatic carbocycles. The molecular formula is C18H26N2O. The number of rotatable bonds is 10. The zero-order valence-electron chi connectivity index (χ0n) is 13.0. The molecular weight excluding hydrogens is 260 g/mol. The highest BCUT2D eigenvalue weighted by molar-refractivity contribution is 5.94. The first-order valence-electron chi connectivity index (χ1n) is 8.02. The molecule has 1 aromatic carbocycles. The Bertz CT molecular complexity index is 463. The van der Waals surface area contributed by atoms with Gasteiger partial charge in [0.15, 0.2) is 0 Å². The first kappa shape index (κ1) is 17.2. The largest absolute Gasteiger partial charge is 0.352 e. The highest BCUT2D eigenvalue weighted by Gasteiger charge is 2.05. The number of nitriles is 1. The van der Waals surface area contributed by atoms with E-state index in [4.69, 9.17) is 5.26 Å². The van der Waals surface area contributed by atoms with Gasteiger partial charge in [-0.1, -0.05) is 57.6 Å². The molecule has 1 amide bonds. The predicted molar refractivity (Wildman–Crippen MR) is 86.1 cm³/mol. The Balaban J connectivity index is 2.19. The first-order chi connectivity index (χ1) is 10.3. The minimum atomic E-state index is -0.0410. The van der Waals surface area contributed by atoms with Crippen molar-refractivity contribution in [2.75, 3.05) is 6.54 Å². The molecule has 3 nitrogen and oxygen atoms in total. The molecule has 1 aromatic rings. The van der Waals surface area contributed by atoms with Gasteiger partial charge in [0.05, 0.1) is 12.5 Å². The van der Waals surface area contributed by atoms with E-state index in [1.165, 1.54) is 38.5 Å². The van der Waals surface area contributed by atoms with Crippen LogP contribution in [-0.4, -0.2) is 12.5 Å². The molecule has 0 saturated carbocycles. The fourth-order valence-corrected chi connectivity index (χ4v) is 2.30. The summed E-state index contributed by atoms with van der Waals surface area (Å²) < 4.78 is 0. The van der Waals surface area contributed by atoms with Crippen molar-refractivity contribution in [3.8, 4) is 6.07 Å². The van der Waals surface area contributed by atoms with Crippen LogP contribution in [0.4, 0.5) is 0 Å². The lowest BCUT2D eigenvalue weighted by Gasteiger charge is -2.06. The quantitative estimate of drug-likeness (QED) is 0.654. The number of benzene rings is 1. The van der Waals surface area contributed by atoms with Crippen molar-refractivity contribution in [2.45, 2.75) is 58.3 Å². The monoisotopic (exact) mass is 286 g/mol. The van der Waals surface area contributed by atoms with Crippen molar-refractivity contribution in [2.24, 2.45) is 0 Å². The van der Waals surface area contributed by atoms with Crippen molar-refractivity contribution in [1.82, 2.24) is 5.32 Å². The highest BCUT2D eigenvalue weighted by Crippen LogP contribution is 2.07. The molecule has 0 atom stereocenters. The molecule has 21 heavy (non-hydrogen) atoms. The van der Waals surface area contributed by atoms with Gasteiger partial charge in [0, 0.05) is 12.1 Å². The third kappa shape index (κ3) is 7.51. The van der Waals surface area contributed by atoms with Crippen LogP contribution in [0.15, 0.2) is 24.3 Å². The summed E-state index contributed by atoms with van der Waals surface area (Å²) in [7, 11) is 0. The van der Waals surface area contributed by atoms with E-state index in [1.54, 1.807) is 12.1 Å². The standard InChI is InChI=1S/C18H26N2O/c1-2-3-4-5-6-7-8-14-20-18(21)17-11-9-10-16(15-17)12-13-19/h9-11,15H,2-8,12,14H2,1H3,(H,20,21). The molecule has 0 radical (unpaired) electrons. The lowest BCUT2D eigenvalue weighted by Crippen LogP contribution is -2.24. The number of hydrogen-bond acceptors (Lipinski definition) is 2. The molecule has 0 unspecified atom stereocenters.